The summed E-state index contributed by atoms with van der Waals surface area (Å²) >= 11 is 0. The zero-order chi connectivity index (χ0) is 17.1. The van der Waals surface area contributed by atoms with E-state index in [4.69, 9.17) is 0 Å². The van der Waals surface area contributed by atoms with E-state index in [-0.39, 0.29) is 23.9 Å². The van der Waals surface area contributed by atoms with Crippen LogP contribution in [0.15, 0.2) is 48.5 Å². The molecule has 1 aliphatic carbocycles. The van der Waals surface area contributed by atoms with Gasteiger partial charge in [-0.2, -0.15) is 0 Å². The van der Waals surface area contributed by atoms with Crippen molar-refractivity contribution in [2.45, 2.75) is 38.3 Å². The first-order chi connectivity index (χ1) is 11.6. The fourth-order valence-electron chi connectivity index (χ4n) is 3.32. The van der Waals surface area contributed by atoms with Crippen LogP contribution in [0.5, 0.6) is 0 Å². The number of carbonyl (C=O) groups excluding carboxylic acids is 1. The normalized spacial score (nSPS) is 21.0. The molecule has 126 valence electrons. The monoisotopic (exact) mass is 327 g/mol. The molecule has 3 nitrogen and oxygen atoms in total. The van der Waals surface area contributed by atoms with Crippen LogP contribution in [-0.4, -0.2) is 23.2 Å². The van der Waals surface area contributed by atoms with Gasteiger partial charge < -0.3 is 10.4 Å². The van der Waals surface area contributed by atoms with Crippen molar-refractivity contribution in [1.29, 1.82) is 0 Å². The molecule has 0 bridgehead atoms. The van der Waals surface area contributed by atoms with Crippen LogP contribution >= 0.6 is 0 Å². The Morgan fingerprint density at radius 3 is 2.50 bits per heavy atom. The molecule has 0 aromatic heterocycles. The number of carbonyl (C=O) groups is 1. The maximum Gasteiger partial charge on any atom is 0.252 e. The minimum atomic E-state index is -0.296. The van der Waals surface area contributed by atoms with Crippen molar-refractivity contribution in [1.82, 2.24) is 5.32 Å². The minimum Gasteiger partial charge on any atom is -0.393 e. The van der Waals surface area contributed by atoms with E-state index in [0.717, 1.165) is 30.4 Å². The number of aliphatic hydroxyl groups is 1. The van der Waals surface area contributed by atoms with Gasteiger partial charge in [0, 0.05) is 11.6 Å². The SMILES string of the molecule is CCC(NC(=O)c1ccccc1-c1ccc(F)cc1)C1CC(O)C1. The molecule has 24 heavy (non-hydrogen) atoms. The van der Waals surface area contributed by atoms with Crippen LogP contribution in [0.3, 0.4) is 0 Å². The van der Waals surface area contributed by atoms with Crippen molar-refractivity contribution < 1.29 is 14.3 Å². The second kappa shape index (κ2) is 7.14. The number of aliphatic hydroxyl groups excluding tert-OH is 1. The van der Waals surface area contributed by atoms with Crippen LogP contribution in [0, 0.1) is 11.7 Å². The second-order valence-corrected chi connectivity index (χ2v) is 6.43. The first-order valence-electron chi connectivity index (χ1n) is 8.42. The van der Waals surface area contributed by atoms with Crippen molar-refractivity contribution in [3.8, 4) is 11.1 Å². The highest BCUT2D eigenvalue weighted by molar-refractivity contribution is 6.01. The Balaban J connectivity index is 1.81. The molecule has 1 saturated carbocycles. The summed E-state index contributed by atoms with van der Waals surface area (Å²) < 4.78 is 13.1. The predicted molar refractivity (Wildman–Crippen MR) is 92.1 cm³/mol. The maximum absolute atomic E-state index is 13.1. The van der Waals surface area contributed by atoms with Crippen LogP contribution in [0.2, 0.25) is 0 Å². The Labute approximate surface area is 141 Å². The lowest BCUT2D eigenvalue weighted by Gasteiger charge is -2.37. The number of hydrogen-bond donors (Lipinski definition) is 2. The van der Waals surface area contributed by atoms with Gasteiger partial charge in [0.05, 0.1) is 6.10 Å². The fraction of sp³-hybridized carbons (Fsp3) is 0.350. The van der Waals surface area contributed by atoms with Gasteiger partial charge in [-0.25, -0.2) is 4.39 Å². The smallest absolute Gasteiger partial charge is 0.252 e. The Bertz CT molecular complexity index is 708. The molecule has 1 atom stereocenters. The predicted octanol–water partition coefficient (Wildman–Crippen LogP) is 3.77. The molecule has 1 aliphatic rings. The van der Waals surface area contributed by atoms with Crippen molar-refractivity contribution in [3.63, 3.8) is 0 Å². The van der Waals surface area contributed by atoms with Crippen LogP contribution in [0.4, 0.5) is 4.39 Å². The van der Waals surface area contributed by atoms with Crippen LogP contribution in [-0.2, 0) is 0 Å². The van der Waals surface area contributed by atoms with E-state index in [0.29, 0.717) is 11.5 Å². The van der Waals surface area contributed by atoms with Gasteiger partial charge in [0.25, 0.3) is 5.91 Å². The van der Waals surface area contributed by atoms with Crippen LogP contribution in [0.25, 0.3) is 11.1 Å². The van der Waals surface area contributed by atoms with E-state index in [1.807, 2.05) is 25.1 Å². The quantitative estimate of drug-likeness (QED) is 0.878. The zero-order valence-electron chi connectivity index (χ0n) is 13.7. The Morgan fingerprint density at radius 1 is 1.21 bits per heavy atom. The third-order valence-corrected chi connectivity index (χ3v) is 4.80. The van der Waals surface area contributed by atoms with Gasteiger partial charge in [-0.1, -0.05) is 37.3 Å². The van der Waals surface area contributed by atoms with Crippen molar-refractivity contribution in [3.05, 3.63) is 59.9 Å². The van der Waals surface area contributed by atoms with E-state index in [2.05, 4.69) is 5.32 Å². The summed E-state index contributed by atoms with van der Waals surface area (Å²) in [5.74, 6) is -0.0784. The fourth-order valence-corrected chi connectivity index (χ4v) is 3.32. The van der Waals surface area contributed by atoms with Gasteiger partial charge in [0.1, 0.15) is 5.82 Å². The molecule has 0 spiro atoms. The Morgan fingerprint density at radius 2 is 1.88 bits per heavy atom. The molecular weight excluding hydrogens is 305 g/mol. The molecule has 0 radical (unpaired) electrons. The molecule has 1 amide bonds. The summed E-state index contributed by atoms with van der Waals surface area (Å²) in [6, 6.07) is 13.6. The summed E-state index contributed by atoms with van der Waals surface area (Å²) in [6.07, 6.45) is 2.10. The number of benzene rings is 2. The van der Waals surface area contributed by atoms with Gasteiger partial charge in [-0.15, -0.1) is 0 Å². The van der Waals surface area contributed by atoms with Crippen LogP contribution < -0.4 is 5.32 Å². The standard InChI is InChI=1S/C20H22FNO2/c1-2-19(14-11-16(23)12-14)22-20(24)18-6-4-3-5-17(18)13-7-9-15(21)10-8-13/h3-10,14,16,19,23H,2,11-12H2,1H3,(H,22,24). The second-order valence-electron chi connectivity index (χ2n) is 6.43. The Hall–Kier alpha value is -2.20. The topological polar surface area (TPSA) is 49.3 Å². The summed E-state index contributed by atoms with van der Waals surface area (Å²) in [5.41, 5.74) is 2.19. The molecule has 2 aromatic rings. The molecule has 3 rings (SSSR count). The van der Waals surface area contributed by atoms with E-state index in [1.165, 1.54) is 12.1 Å². The first-order valence-corrected chi connectivity index (χ1v) is 8.42. The van der Waals surface area contributed by atoms with E-state index >= 15 is 0 Å². The molecule has 0 aliphatic heterocycles. The molecule has 4 heteroatoms. The average molecular weight is 327 g/mol. The lowest BCUT2D eigenvalue weighted by molar-refractivity contribution is 0.0232. The maximum atomic E-state index is 13.1. The van der Waals surface area contributed by atoms with Gasteiger partial charge in [0.2, 0.25) is 0 Å². The molecule has 0 saturated heterocycles. The largest absolute Gasteiger partial charge is 0.393 e. The third-order valence-electron chi connectivity index (χ3n) is 4.80. The lowest BCUT2D eigenvalue weighted by atomic mass is 9.76. The van der Waals surface area contributed by atoms with Gasteiger partial charge in [-0.05, 0) is 54.5 Å². The lowest BCUT2D eigenvalue weighted by Crippen LogP contribution is -2.46. The van der Waals surface area contributed by atoms with Gasteiger partial charge in [0.15, 0.2) is 0 Å². The average Bonchev–Trinajstić information content (AvgIpc) is 2.58. The highest BCUT2D eigenvalue weighted by atomic mass is 19.1. The number of halogens is 1. The van der Waals surface area contributed by atoms with Gasteiger partial charge >= 0.3 is 0 Å². The summed E-state index contributed by atoms with van der Waals surface area (Å²) in [4.78, 5) is 12.8. The van der Waals surface area contributed by atoms with Crippen molar-refractivity contribution in [2.75, 3.05) is 0 Å². The van der Waals surface area contributed by atoms with Crippen molar-refractivity contribution in [2.24, 2.45) is 5.92 Å². The van der Waals surface area contributed by atoms with Crippen LogP contribution in [0.1, 0.15) is 36.5 Å². The molecule has 2 N–H and O–H groups in total. The summed E-state index contributed by atoms with van der Waals surface area (Å²) in [6.45, 7) is 2.04. The molecule has 1 unspecified atom stereocenters. The highest BCUT2D eigenvalue weighted by Crippen LogP contribution is 2.32. The minimum absolute atomic E-state index is 0.0715. The number of amides is 1. The van der Waals surface area contributed by atoms with E-state index < -0.39 is 0 Å². The summed E-state index contributed by atoms with van der Waals surface area (Å²) in [5, 5.41) is 12.6. The molecular formula is C20H22FNO2. The third kappa shape index (κ3) is 3.49. The molecule has 0 heterocycles. The highest BCUT2D eigenvalue weighted by Gasteiger charge is 2.34. The Kier molecular flexibility index (Phi) is 4.95. The number of nitrogens with one attached hydrogen (secondary N) is 1. The first kappa shape index (κ1) is 16.7. The van der Waals surface area contributed by atoms with E-state index in [9.17, 15) is 14.3 Å². The number of hydrogen-bond acceptors (Lipinski definition) is 2. The summed E-state index contributed by atoms with van der Waals surface area (Å²) in [7, 11) is 0. The van der Waals surface area contributed by atoms with Crippen molar-refractivity contribution >= 4 is 5.91 Å². The zero-order valence-corrected chi connectivity index (χ0v) is 13.7. The van der Waals surface area contributed by atoms with Gasteiger partial charge in [-0.3, -0.25) is 4.79 Å². The van der Waals surface area contributed by atoms with E-state index in [1.54, 1.807) is 18.2 Å². The number of rotatable bonds is 5. The molecule has 1 fully saturated rings. The molecule has 2 aromatic carbocycles.